The maximum atomic E-state index is 13.3. The van der Waals surface area contributed by atoms with Crippen molar-refractivity contribution in [3.8, 4) is 0 Å². The highest BCUT2D eigenvalue weighted by molar-refractivity contribution is 9.10. The molecule has 0 saturated heterocycles. The number of carbonyl (C=O) groups excluding carboxylic acids is 1. The molecule has 10 heteroatoms. The number of hydrogen-bond acceptors (Lipinski definition) is 5. The molecular weight excluding hydrogens is 518 g/mol. The fourth-order valence-corrected chi connectivity index (χ4v) is 4.87. The van der Waals surface area contributed by atoms with Gasteiger partial charge in [-0.15, -0.1) is 9.89 Å². The van der Waals surface area contributed by atoms with E-state index in [0.29, 0.717) is 19.8 Å². The van der Waals surface area contributed by atoms with Gasteiger partial charge in [-0.25, -0.2) is 13.8 Å². The zero-order valence-electron chi connectivity index (χ0n) is 16.3. The Morgan fingerprint density at radius 2 is 1.59 bits per heavy atom. The number of sulfone groups is 1. The lowest BCUT2D eigenvalue weighted by atomic mass is 10.1. The Morgan fingerprint density at radius 3 is 2.25 bits per heavy atom. The van der Waals surface area contributed by atoms with Crippen LogP contribution in [0.1, 0.15) is 5.56 Å². The van der Waals surface area contributed by atoms with Crippen molar-refractivity contribution in [1.29, 1.82) is 0 Å². The van der Waals surface area contributed by atoms with Crippen molar-refractivity contribution in [3.05, 3.63) is 98.2 Å². The van der Waals surface area contributed by atoms with E-state index in [-0.39, 0.29) is 27.1 Å². The van der Waals surface area contributed by atoms with E-state index in [1.807, 2.05) is 0 Å². The first-order valence-electron chi connectivity index (χ1n) is 9.33. The van der Waals surface area contributed by atoms with Crippen molar-refractivity contribution in [1.82, 2.24) is 9.89 Å². The molecule has 0 atom stereocenters. The van der Waals surface area contributed by atoms with Crippen molar-refractivity contribution >= 4 is 54.0 Å². The predicted octanol–water partition coefficient (Wildman–Crippen LogP) is 3.96. The lowest BCUT2D eigenvalue weighted by molar-refractivity contribution is -0.116. The summed E-state index contributed by atoms with van der Waals surface area (Å²) in [5.74, 6) is -0.538. The highest BCUT2D eigenvalue weighted by atomic mass is 79.9. The van der Waals surface area contributed by atoms with Gasteiger partial charge in [0.25, 0.3) is 5.56 Å². The van der Waals surface area contributed by atoms with E-state index in [9.17, 15) is 18.0 Å². The van der Waals surface area contributed by atoms with Gasteiger partial charge in [0.1, 0.15) is 0 Å². The van der Waals surface area contributed by atoms with Gasteiger partial charge in [-0.05, 0) is 48.0 Å². The van der Waals surface area contributed by atoms with Gasteiger partial charge in [-0.1, -0.05) is 57.9 Å². The van der Waals surface area contributed by atoms with Gasteiger partial charge in [-0.3, -0.25) is 9.59 Å². The molecule has 0 radical (unpaired) electrons. The van der Waals surface area contributed by atoms with E-state index >= 15 is 0 Å². The number of carbonyl (C=O) groups is 1. The number of rotatable bonds is 5. The lowest BCUT2D eigenvalue weighted by Gasteiger charge is -2.12. The Balaban J connectivity index is 1.78. The molecule has 0 aliphatic rings. The molecule has 0 saturated carbocycles. The van der Waals surface area contributed by atoms with Crippen LogP contribution in [0.3, 0.4) is 0 Å². The van der Waals surface area contributed by atoms with Crippen LogP contribution < -0.4 is 11.0 Å². The van der Waals surface area contributed by atoms with Crippen molar-refractivity contribution in [2.75, 3.05) is 5.43 Å². The summed E-state index contributed by atoms with van der Waals surface area (Å²) in [4.78, 5) is 26.1. The number of fused-ring (bicyclic) bond motifs is 1. The van der Waals surface area contributed by atoms with Gasteiger partial charge in [0.15, 0.2) is 5.03 Å². The van der Waals surface area contributed by atoms with Gasteiger partial charge in [0.05, 0.1) is 16.7 Å². The summed E-state index contributed by atoms with van der Waals surface area (Å²) >= 11 is 9.13. The van der Waals surface area contributed by atoms with Crippen LogP contribution in [0.25, 0.3) is 10.8 Å². The quantitative estimate of drug-likeness (QED) is 0.420. The molecule has 0 aliphatic heterocycles. The minimum atomic E-state index is -4.08. The summed E-state index contributed by atoms with van der Waals surface area (Å²) in [7, 11) is -4.08. The molecule has 0 spiro atoms. The Bertz CT molecular complexity index is 1480. The normalized spacial score (nSPS) is 11.4. The summed E-state index contributed by atoms with van der Waals surface area (Å²) in [6, 6.07) is 18.9. The Morgan fingerprint density at radius 1 is 0.969 bits per heavy atom. The molecule has 0 unspecified atom stereocenters. The summed E-state index contributed by atoms with van der Waals surface area (Å²) in [6.07, 6.45) is -0.0487. The van der Waals surface area contributed by atoms with Gasteiger partial charge >= 0.3 is 0 Å². The molecule has 1 aromatic heterocycles. The largest absolute Gasteiger partial charge is 0.294 e. The topological polar surface area (TPSA) is 98.1 Å². The number of halogens is 2. The summed E-state index contributed by atoms with van der Waals surface area (Å²) in [6.45, 7) is 0. The third-order valence-corrected chi connectivity index (χ3v) is 7.14. The highest BCUT2D eigenvalue weighted by Gasteiger charge is 2.25. The third kappa shape index (κ3) is 4.45. The monoisotopic (exact) mass is 531 g/mol. The average molecular weight is 533 g/mol. The molecule has 4 rings (SSSR count). The number of aromatic nitrogens is 2. The lowest BCUT2D eigenvalue weighted by Crippen LogP contribution is -2.37. The van der Waals surface area contributed by atoms with Crippen LogP contribution in [0.15, 0.2) is 92.0 Å². The minimum Gasteiger partial charge on any atom is -0.273 e. The molecule has 1 N–H and O–H groups in total. The highest BCUT2D eigenvalue weighted by Crippen LogP contribution is 2.25. The Hall–Kier alpha value is -3.01. The molecule has 1 heterocycles. The fraction of sp³-hybridized carbons (Fsp3) is 0.0455. The van der Waals surface area contributed by atoms with Crippen molar-refractivity contribution in [3.63, 3.8) is 0 Å². The Labute approximate surface area is 196 Å². The van der Waals surface area contributed by atoms with Crippen LogP contribution in [-0.4, -0.2) is 24.2 Å². The SMILES string of the molecule is O=C(Cc1ccc(Cl)cc1)Nn1nc(S(=O)(=O)c2ccc(Br)cc2)c2ccccc2c1=O. The molecule has 32 heavy (non-hydrogen) atoms. The van der Waals surface area contributed by atoms with Crippen LogP contribution in [-0.2, 0) is 21.1 Å². The molecule has 162 valence electrons. The van der Waals surface area contributed by atoms with Crippen molar-refractivity contribution in [2.45, 2.75) is 16.3 Å². The smallest absolute Gasteiger partial charge is 0.273 e. The zero-order valence-corrected chi connectivity index (χ0v) is 19.5. The van der Waals surface area contributed by atoms with Crippen LogP contribution in [0.5, 0.6) is 0 Å². The van der Waals surface area contributed by atoms with E-state index in [2.05, 4.69) is 26.5 Å². The molecular formula is C22H15BrClN3O4S. The average Bonchev–Trinajstić information content (AvgIpc) is 2.77. The van der Waals surface area contributed by atoms with Crippen LogP contribution in [0.4, 0.5) is 0 Å². The van der Waals surface area contributed by atoms with Gasteiger partial charge in [0, 0.05) is 14.9 Å². The number of amides is 1. The molecule has 3 aromatic carbocycles. The van der Waals surface area contributed by atoms with Gasteiger partial charge in [0.2, 0.25) is 15.7 Å². The first-order chi connectivity index (χ1) is 15.3. The second-order valence-corrected chi connectivity index (χ2v) is 10.1. The van der Waals surface area contributed by atoms with Crippen molar-refractivity contribution < 1.29 is 13.2 Å². The Kier molecular flexibility index (Phi) is 6.14. The van der Waals surface area contributed by atoms with E-state index in [1.165, 1.54) is 24.3 Å². The minimum absolute atomic E-state index is 0.0102. The van der Waals surface area contributed by atoms with E-state index in [4.69, 9.17) is 11.6 Å². The second kappa shape index (κ2) is 8.85. The first-order valence-corrected chi connectivity index (χ1v) is 12.0. The van der Waals surface area contributed by atoms with Gasteiger partial charge < -0.3 is 0 Å². The van der Waals surface area contributed by atoms with E-state index in [1.54, 1.807) is 48.5 Å². The van der Waals surface area contributed by atoms with Crippen LogP contribution in [0.2, 0.25) is 5.02 Å². The molecule has 4 aromatic rings. The molecule has 0 aliphatic carbocycles. The maximum Gasteiger partial charge on any atom is 0.294 e. The predicted molar refractivity (Wildman–Crippen MR) is 125 cm³/mol. The fourth-order valence-electron chi connectivity index (χ4n) is 3.11. The number of nitrogens with one attached hydrogen (secondary N) is 1. The number of nitrogens with zero attached hydrogens (tertiary/aromatic N) is 2. The standard InChI is InChI=1S/C22H15BrClN3O4S/c23-15-7-11-17(12-8-15)32(30,31)21-18-3-1-2-4-19(18)22(29)27(26-21)25-20(28)13-14-5-9-16(24)10-6-14/h1-12H,13H2,(H,25,28). The third-order valence-electron chi connectivity index (χ3n) is 4.66. The summed E-state index contributed by atoms with van der Waals surface area (Å²) in [5, 5.41) is 4.50. The van der Waals surface area contributed by atoms with Crippen molar-refractivity contribution in [2.24, 2.45) is 0 Å². The molecule has 0 fully saturated rings. The first kappa shape index (κ1) is 22.2. The second-order valence-electron chi connectivity index (χ2n) is 6.86. The van der Waals surface area contributed by atoms with E-state index in [0.717, 1.165) is 0 Å². The molecule has 1 amide bonds. The maximum absolute atomic E-state index is 13.3. The summed E-state index contributed by atoms with van der Waals surface area (Å²) in [5.41, 5.74) is 2.42. The number of hydrogen-bond donors (Lipinski definition) is 1. The van der Waals surface area contributed by atoms with Gasteiger partial charge in [-0.2, -0.15) is 0 Å². The molecule has 7 nitrogen and oxygen atoms in total. The van der Waals surface area contributed by atoms with E-state index < -0.39 is 21.3 Å². The van der Waals surface area contributed by atoms with Crippen LogP contribution >= 0.6 is 27.5 Å². The summed E-state index contributed by atoms with van der Waals surface area (Å²) < 4.78 is 27.3. The number of benzene rings is 3. The van der Waals surface area contributed by atoms with Crippen LogP contribution in [0, 0.1) is 0 Å². The zero-order chi connectivity index (χ0) is 22.9. The molecule has 0 bridgehead atoms.